The quantitative estimate of drug-likeness (QED) is 0.514. The molecule has 0 bridgehead atoms. The molecule has 1 saturated heterocycles. The van der Waals surface area contributed by atoms with Crippen molar-refractivity contribution >= 4 is 11.6 Å². The van der Waals surface area contributed by atoms with Gasteiger partial charge in [0.15, 0.2) is 0 Å². The number of alkyl halides is 3. The number of nitrogens with one attached hydrogen (secondary N) is 1. The second-order valence-electron chi connectivity index (χ2n) is 8.11. The zero-order valence-corrected chi connectivity index (χ0v) is 19.2. The Morgan fingerprint density at radius 2 is 1.74 bits per heavy atom. The number of nitrogens with zero attached hydrogens (tertiary/aromatic N) is 4. The molecule has 3 aromatic rings. The Balaban J connectivity index is 1.25. The zero-order valence-electron chi connectivity index (χ0n) is 19.2. The van der Waals surface area contributed by atoms with Crippen molar-refractivity contribution in [2.75, 3.05) is 44.6 Å². The van der Waals surface area contributed by atoms with Gasteiger partial charge in [0, 0.05) is 31.7 Å². The first-order valence-corrected chi connectivity index (χ1v) is 11.3. The minimum Gasteiger partial charge on any atom is -0.494 e. The number of amides is 1. The third kappa shape index (κ3) is 6.58. The van der Waals surface area contributed by atoms with E-state index in [0.29, 0.717) is 51.0 Å². The molecular weight excluding hydrogens is 463 g/mol. The van der Waals surface area contributed by atoms with Gasteiger partial charge in [0.1, 0.15) is 5.75 Å². The Bertz CT molecular complexity index is 1130. The number of carbonyl (C=O) groups excluding carboxylic acids is 1. The van der Waals surface area contributed by atoms with Crippen LogP contribution >= 0.6 is 0 Å². The van der Waals surface area contributed by atoms with E-state index in [4.69, 9.17) is 9.26 Å². The van der Waals surface area contributed by atoms with Crippen LogP contribution in [0.5, 0.6) is 5.75 Å². The van der Waals surface area contributed by atoms with E-state index in [1.807, 2.05) is 36.1 Å². The van der Waals surface area contributed by atoms with Gasteiger partial charge in [-0.25, -0.2) is 0 Å². The molecule has 186 valence electrons. The first-order chi connectivity index (χ1) is 16.8. The first kappa shape index (κ1) is 24.7. The van der Waals surface area contributed by atoms with Crippen LogP contribution in [0, 0.1) is 0 Å². The number of piperazine rings is 1. The minimum absolute atomic E-state index is 0.0163. The molecule has 1 aliphatic heterocycles. The molecule has 0 spiro atoms. The minimum atomic E-state index is -4.53. The van der Waals surface area contributed by atoms with E-state index in [9.17, 15) is 18.0 Å². The molecule has 1 amide bonds. The van der Waals surface area contributed by atoms with Gasteiger partial charge in [-0.2, -0.15) is 18.2 Å². The predicted octanol–water partition coefficient (Wildman–Crippen LogP) is 3.91. The molecule has 2 heterocycles. The fourth-order valence-electron chi connectivity index (χ4n) is 3.83. The van der Waals surface area contributed by atoms with Crippen molar-refractivity contribution in [3.8, 4) is 17.1 Å². The Morgan fingerprint density at radius 3 is 2.43 bits per heavy atom. The molecule has 0 atom stereocenters. The van der Waals surface area contributed by atoms with Crippen molar-refractivity contribution in [1.82, 2.24) is 19.9 Å². The van der Waals surface area contributed by atoms with Crippen LogP contribution < -0.4 is 10.1 Å². The molecular formula is C24H26F3N5O3. The number of carbonyl (C=O) groups is 1. The number of hydrogen-bond acceptors (Lipinski definition) is 7. The van der Waals surface area contributed by atoms with Crippen LogP contribution in [0.3, 0.4) is 0 Å². The molecule has 1 fully saturated rings. The second kappa shape index (κ2) is 10.9. The molecule has 0 unspecified atom stereocenters. The number of halogens is 3. The summed E-state index contributed by atoms with van der Waals surface area (Å²) in [5, 5.41) is 6.44. The normalized spacial score (nSPS) is 15.2. The van der Waals surface area contributed by atoms with Gasteiger partial charge < -0.3 is 14.6 Å². The van der Waals surface area contributed by atoms with Crippen LogP contribution in [0.15, 0.2) is 53.1 Å². The number of hydrogen-bond donors (Lipinski definition) is 1. The Labute approximate surface area is 200 Å². The highest BCUT2D eigenvalue weighted by Gasteiger charge is 2.33. The highest BCUT2D eigenvalue weighted by molar-refractivity contribution is 5.93. The summed E-state index contributed by atoms with van der Waals surface area (Å²) in [6, 6.07) is 12.4. The molecule has 1 aliphatic rings. The van der Waals surface area contributed by atoms with Gasteiger partial charge in [-0.3, -0.25) is 14.6 Å². The fourth-order valence-corrected chi connectivity index (χ4v) is 3.83. The number of ether oxygens (including phenoxy) is 1. The molecule has 35 heavy (non-hydrogen) atoms. The molecule has 2 aromatic carbocycles. The van der Waals surface area contributed by atoms with Crippen LogP contribution in [0.1, 0.15) is 18.4 Å². The number of anilines is 1. The van der Waals surface area contributed by atoms with Gasteiger partial charge in [0.2, 0.25) is 17.6 Å². The fraction of sp³-hybridized carbons (Fsp3) is 0.375. The lowest BCUT2D eigenvalue weighted by Gasteiger charge is -2.33. The lowest BCUT2D eigenvalue weighted by molar-refractivity contribution is -0.137. The van der Waals surface area contributed by atoms with Crippen LogP contribution in [0.4, 0.5) is 18.9 Å². The van der Waals surface area contributed by atoms with Crippen LogP contribution in [-0.4, -0.2) is 65.2 Å². The third-order valence-corrected chi connectivity index (χ3v) is 5.59. The van der Waals surface area contributed by atoms with E-state index >= 15 is 0 Å². The van der Waals surface area contributed by atoms with Crippen LogP contribution in [-0.2, 0) is 17.5 Å². The van der Waals surface area contributed by atoms with Crippen LogP contribution in [0.2, 0.25) is 0 Å². The van der Waals surface area contributed by atoms with E-state index in [-0.39, 0.29) is 12.2 Å². The summed E-state index contributed by atoms with van der Waals surface area (Å²) in [6.07, 6.45) is -4.53. The maximum Gasteiger partial charge on any atom is 0.418 e. The summed E-state index contributed by atoms with van der Waals surface area (Å²) >= 11 is 0. The Morgan fingerprint density at radius 1 is 1.06 bits per heavy atom. The van der Waals surface area contributed by atoms with Crippen LogP contribution in [0.25, 0.3) is 11.4 Å². The average molecular weight is 489 g/mol. The Hall–Kier alpha value is -3.44. The largest absolute Gasteiger partial charge is 0.494 e. The summed E-state index contributed by atoms with van der Waals surface area (Å²) in [5.41, 5.74) is -0.267. The third-order valence-electron chi connectivity index (χ3n) is 5.59. The van der Waals surface area contributed by atoms with Gasteiger partial charge in [0.05, 0.1) is 30.9 Å². The lowest BCUT2D eigenvalue weighted by atomic mass is 10.1. The average Bonchev–Trinajstić information content (AvgIpc) is 3.29. The van der Waals surface area contributed by atoms with E-state index < -0.39 is 17.6 Å². The number of benzene rings is 2. The van der Waals surface area contributed by atoms with E-state index in [1.165, 1.54) is 18.2 Å². The maximum atomic E-state index is 13.1. The van der Waals surface area contributed by atoms with Crippen molar-refractivity contribution in [3.63, 3.8) is 0 Å². The van der Waals surface area contributed by atoms with Crippen molar-refractivity contribution in [3.05, 3.63) is 60.0 Å². The lowest BCUT2D eigenvalue weighted by Crippen LogP contribution is -2.48. The second-order valence-corrected chi connectivity index (χ2v) is 8.11. The molecule has 1 aromatic heterocycles. The summed E-state index contributed by atoms with van der Waals surface area (Å²) in [7, 11) is 0. The van der Waals surface area contributed by atoms with Crippen molar-refractivity contribution in [2.45, 2.75) is 19.6 Å². The SMILES string of the molecule is CCOc1ccc(-c2noc(CN3CCN(CC(=O)Nc4ccccc4C(F)(F)F)CC3)n2)cc1. The molecule has 0 saturated carbocycles. The van der Waals surface area contributed by atoms with E-state index in [0.717, 1.165) is 17.4 Å². The zero-order chi connectivity index (χ0) is 24.8. The Kier molecular flexibility index (Phi) is 7.67. The summed E-state index contributed by atoms with van der Waals surface area (Å²) < 4.78 is 50.2. The monoisotopic (exact) mass is 489 g/mol. The van der Waals surface area contributed by atoms with Crippen molar-refractivity contribution in [2.24, 2.45) is 0 Å². The molecule has 0 radical (unpaired) electrons. The number of para-hydroxylation sites is 1. The summed E-state index contributed by atoms with van der Waals surface area (Å²) in [4.78, 5) is 20.8. The smallest absolute Gasteiger partial charge is 0.418 e. The molecule has 4 rings (SSSR count). The standard InChI is InChI=1S/C24H26F3N5O3/c1-2-34-18-9-7-17(8-10-18)23-29-22(35-30-23)16-32-13-11-31(12-14-32)15-21(33)28-20-6-4-3-5-19(20)24(25,26)27/h3-10H,2,11-16H2,1H3,(H,28,33). The molecule has 0 aliphatic carbocycles. The highest BCUT2D eigenvalue weighted by atomic mass is 19.4. The van der Waals surface area contributed by atoms with Gasteiger partial charge in [-0.1, -0.05) is 17.3 Å². The van der Waals surface area contributed by atoms with Gasteiger partial charge in [-0.15, -0.1) is 0 Å². The maximum absolute atomic E-state index is 13.1. The van der Waals surface area contributed by atoms with Crippen molar-refractivity contribution in [1.29, 1.82) is 0 Å². The topological polar surface area (TPSA) is 83.7 Å². The molecule has 11 heteroatoms. The first-order valence-electron chi connectivity index (χ1n) is 11.3. The predicted molar refractivity (Wildman–Crippen MR) is 123 cm³/mol. The molecule has 1 N–H and O–H groups in total. The highest BCUT2D eigenvalue weighted by Crippen LogP contribution is 2.34. The van der Waals surface area contributed by atoms with Gasteiger partial charge >= 0.3 is 6.18 Å². The van der Waals surface area contributed by atoms with E-state index in [2.05, 4.69) is 20.4 Å². The van der Waals surface area contributed by atoms with Gasteiger partial charge in [0.25, 0.3) is 0 Å². The van der Waals surface area contributed by atoms with Crippen molar-refractivity contribution < 1.29 is 27.2 Å². The number of aromatic nitrogens is 2. The summed E-state index contributed by atoms with van der Waals surface area (Å²) in [6.45, 7) is 5.51. The molecule has 8 nitrogen and oxygen atoms in total. The van der Waals surface area contributed by atoms with E-state index in [1.54, 1.807) is 0 Å². The summed E-state index contributed by atoms with van der Waals surface area (Å²) in [5.74, 6) is 1.28. The number of rotatable bonds is 8. The van der Waals surface area contributed by atoms with Gasteiger partial charge in [-0.05, 0) is 43.3 Å².